The van der Waals surface area contributed by atoms with Gasteiger partial charge in [0.2, 0.25) is 0 Å². The van der Waals surface area contributed by atoms with Gasteiger partial charge in [-0.25, -0.2) is 4.98 Å². The number of carbonyl (C=O) groups excluding carboxylic acids is 1. The first kappa shape index (κ1) is 11.5. The van der Waals surface area contributed by atoms with E-state index in [-0.39, 0.29) is 12.2 Å². The van der Waals surface area contributed by atoms with Crippen molar-refractivity contribution >= 4 is 16.9 Å². The number of aromatic nitrogens is 3. The Hall–Kier alpha value is -2.56. The van der Waals surface area contributed by atoms with Crippen LogP contribution in [0.15, 0.2) is 40.9 Å². The van der Waals surface area contributed by atoms with Crippen LogP contribution in [0.1, 0.15) is 21.9 Å². The van der Waals surface area contributed by atoms with Gasteiger partial charge in [0.1, 0.15) is 5.52 Å². The summed E-state index contributed by atoms with van der Waals surface area (Å²) in [5.74, 6) is 0.580. The Balaban J connectivity index is 1.89. The molecule has 2 aromatic heterocycles. The third-order valence-corrected chi connectivity index (χ3v) is 2.79. The normalized spacial score (nSPS) is 10.8. The summed E-state index contributed by atoms with van der Waals surface area (Å²) in [4.78, 5) is 16.4. The van der Waals surface area contributed by atoms with Crippen molar-refractivity contribution < 1.29 is 9.21 Å². The number of aryl methyl sites for hydroxylation is 1. The van der Waals surface area contributed by atoms with E-state index in [0.717, 1.165) is 0 Å². The number of benzene rings is 1. The van der Waals surface area contributed by atoms with E-state index in [0.29, 0.717) is 28.2 Å². The van der Waals surface area contributed by atoms with Crippen molar-refractivity contribution in [1.29, 1.82) is 0 Å². The summed E-state index contributed by atoms with van der Waals surface area (Å²) in [6, 6.07) is 8.79. The van der Waals surface area contributed by atoms with Crippen LogP contribution in [-0.4, -0.2) is 21.0 Å². The number of hydrogen-bond donors (Lipinski definition) is 0. The lowest BCUT2D eigenvalue weighted by Gasteiger charge is -1.99. The fourth-order valence-corrected chi connectivity index (χ4v) is 1.91. The minimum absolute atomic E-state index is 0.0111. The molecule has 3 aromatic rings. The highest BCUT2D eigenvalue weighted by atomic mass is 16.3. The zero-order valence-electron chi connectivity index (χ0n) is 10.3. The van der Waals surface area contributed by atoms with Gasteiger partial charge in [0.05, 0.1) is 12.1 Å². The molecule has 0 fully saturated rings. The van der Waals surface area contributed by atoms with Crippen molar-refractivity contribution in [3.63, 3.8) is 0 Å². The topological polar surface area (TPSA) is 68.9 Å². The van der Waals surface area contributed by atoms with E-state index in [1.165, 1.54) is 0 Å². The number of carbonyl (C=O) groups is 1. The van der Waals surface area contributed by atoms with Crippen LogP contribution in [-0.2, 0) is 6.42 Å². The summed E-state index contributed by atoms with van der Waals surface area (Å²) in [7, 11) is 0. The molecule has 0 aliphatic carbocycles. The summed E-state index contributed by atoms with van der Waals surface area (Å²) in [5.41, 5.74) is 2.64. The van der Waals surface area contributed by atoms with Crippen LogP contribution in [0.4, 0.5) is 0 Å². The number of rotatable bonds is 3. The van der Waals surface area contributed by atoms with Crippen LogP contribution in [0.2, 0.25) is 0 Å². The SMILES string of the molecule is Cc1nc2cc(C(=O)Cc3cccnn3)ccc2o1. The molecule has 3 rings (SSSR count). The van der Waals surface area contributed by atoms with Crippen LogP contribution in [0.3, 0.4) is 0 Å². The Morgan fingerprint density at radius 2 is 2.21 bits per heavy atom. The fourth-order valence-electron chi connectivity index (χ4n) is 1.91. The average molecular weight is 253 g/mol. The van der Waals surface area contributed by atoms with E-state index < -0.39 is 0 Å². The molecule has 0 saturated carbocycles. The van der Waals surface area contributed by atoms with Gasteiger partial charge in [0.15, 0.2) is 17.3 Å². The van der Waals surface area contributed by atoms with Crippen molar-refractivity contribution in [2.45, 2.75) is 13.3 Å². The van der Waals surface area contributed by atoms with Gasteiger partial charge in [-0.1, -0.05) is 0 Å². The molecule has 1 aromatic carbocycles. The number of oxazole rings is 1. The maximum atomic E-state index is 12.1. The molecule has 0 N–H and O–H groups in total. The Kier molecular flexibility index (Phi) is 2.79. The number of fused-ring (bicyclic) bond motifs is 1. The third-order valence-electron chi connectivity index (χ3n) is 2.79. The molecule has 0 saturated heterocycles. The molecule has 0 atom stereocenters. The monoisotopic (exact) mass is 253 g/mol. The molecule has 5 heteroatoms. The van der Waals surface area contributed by atoms with E-state index in [4.69, 9.17) is 4.42 Å². The molecular weight excluding hydrogens is 242 g/mol. The predicted molar refractivity (Wildman–Crippen MR) is 68.8 cm³/mol. The summed E-state index contributed by atoms with van der Waals surface area (Å²) in [6.45, 7) is 1.78. The van der Waals surface area contributed by atoms with Crippen molar-refractivity contribution in [3.8, 4) is 0 Å². The van der Waals surface area contributed by atoms with E-state index in [1.54, 1.807) is 43.5 Å². The molecular formula is C14H11N3O2. The van der Waals surface area contributed by atoms with Crippen LogP contribution < -0.4 is 0 Å². The summed E-state index contributed by atoms with van der Waals surface area (Å²) in [5, 5.41) is 7.66. The lowest BCUT2D eigenvalue weighted by molar-refractivity contribution is 0.0992. The Morgan fingerprint density at radius 3 is 3.00 bits per heavy atom. The van der Waals surface area contributed by atoms with Gasteiger partial charge in [-0.3, -0.25) is 4.79 Å². The minimum Gasteiger partial charge on any atom is -0.441 e. The number of ketones is 1. The molecule has 94 valence electrons. The summed E-state index contributed by atoms with van der Waals surface area (Å²) >= 11 is 0. The highest BCUT2D eigenvalue weighted by Crippen LogP contribution is 2.17. The largest absolute Gasteiger partial charge is 0.441 e. The molecule has 0 aliphatic rings. The van der Waals surface area contributed by atoms with Crippen LogP contribution in [0.5, 0.6) is 0 Å². The first-order valence-corrected chi connectivity index (χ1v) is 5.89. The van der Waals surface area contributed by atoms with E-state index in [1.807, 2.05) is 0 Å². The number of nitrogens with zero attached hydrogens (tertiary/aromatic N) is 3. The smallest absolute Gasteiger partial charge is 0.192 e. The quantitative estimate of drug-likeness (QED) is 0.670. The van der Waals surface area contributed by atoms with Crippen molar-refractivity contribution in [2.24, 2.45) is 0 Å². The van der Waals surface area contributed by atoms with Gasteiger partial charge < -0.3 is 4.42 Å². The average Bonchev–Trinajstić information content (AvgIpc) is 2.78. The zero-order valence-corrected chi connectivity index (χ0v) is 10.3. The van der Waals surface area contributed by atoms with Gasteiger partial charge >= 0.3 is 0 Å². The fraction of sp³-hybridized carbons (Fsp3) is 0.143. The maximum Gasteiger partial charge on any atom is 0.192 e. The second-order valence-corrected chi connectivity index (χ2v) is 4.23. The van der Waals surface area contributed by atoms with Crippen molar-refractivity contribution in [2.75, 3.05) is 0 Å². The minimum atomic E-state index is -0.0111. The lowest BCUT2D eigenvalue weighted by atomic mass is 10.1. The zero-order chi connectivity index (χ0) is 13.2. The maximum absolute atomic E-state index is 12.1. The van der Waals surface area contributed by atoms with Gasteiger partial charge in [-0.2, -0.15) is 10.2 Å². The number of hydrogen-bond acceptors (Lipinski definition) is 5. The van der Waals surface area contributed by atoms with E-state index in [9.17, 15) is 4.79 Å². The molecule has 19 heavy (non-hydrogen) atoms. The standard InChI is InChI=1S/C14H11N3O2/c1-9-16-12-7-10(4-5-14(12)19-9)13(18)8-11-3-2-6-15-17-11/h2-7H,8H2,1H3. The second kappa shape index (κ2) is 4.61. The Bertz CT molecular complexity index is 735. The molecule has 0 spiro atoms. The van der Waals surface area contributed by atoms with Crippen LogP contribution in [0, 0.1) is 6.92 Å². The molecule has 0 amide bonds. The van der Waals surface area contributed by atoms with Crippen LogP contribution in [0.25, 0.3) is 11.1 Å². The Labute approximate surface area is 109 Å². The van der Waals surface area contributed by atoms with Crippen molar-refractivity contribution in [3.05, 3.63) is 53.7 Å². The van der Waals surface area contributed by atoms with Crippen molar-refractivity contribution in [1.82, 2.24) is 15.2 Å². The van der Waals surface area contributed by atoms with Crippen LogP contribution >= 0.6 is 0 Å². The number of Topliss-reactive ketones (excluding diaryl/α,β-unsaturated/α-hetero) is 1. The lowest BCUT2D eigenvalue weighted by Crippen LogP contribution is -2.05. The molecule has 0 bridgehead atoms. The first-order chi connectivity index (χ1) is 9.22. The summed E-state index contributed by atoms with van der Waals surface area (Å²) < 4.78 is 5.38. The molecule has 0 unspecified atom stereocenters. The van der Waals surface area contributed by atoms with E-state index >= 15 is 0 Å². The summed E-state index contributed by atoms with van der Waals surface area (Å²) in [6.07, 6.45) is 1.81. The highest BCUT2D eigenvalue weighted by molar-refractivity contribution is 5.99. The predicted octanol–water partition coefficient (Wildman–Crippen LogP) is 2.35. The highest BCUT2D eigenvalue weighted by Gasteiger charge is 2.11. The van der Waals surface area contributed by atoms with Gasteiger partial charge in [0, 0.05) is 18.7 Å². The van der Waals surface area contributed by atoms with Gasteiger partial charge in [0.25, 0.3) is 0 Å². The first-order valence-electron chi connectivity index (χ1n) is 5.89. The Morgan fingerprint density at radius 1 is 1.32 bits per heavy atom. The van der Waals surface area contributed by atoms with Gasteiger partial charge in [-0.05, 0) is 30.3 Å². The molecule has 0 aliphatic heterocycles. The van der Waals surface area contributed by atoms with Gasteiger partial charge in [-0.15, -0.1) is 0 Å². The molecule has 2 heterocycles. The molecule has 5 nitrogen and oxygen atoms in total. The van der Waals surface area contributed by atoms with E-state index in [2.05, 4.69) is 15.2 Å². The molecule has 0 radical (unpaired) electrons. The third kappa shape index (κ3) is 2.35. The second-order valence-electron chi connectivity index (χ2n) is 4.23.